The second kappa shape index (κ2) is 2.59. The van der Waals surface area contributed by atoms with Crippen LogP contribution in [-0.2, 0) is 0 Å². The highest BCUT2D eigenvalue weighted by Gasteiger charge is 2.00. The molecule has 3 heteroatoms. The van der Waals surface area contributed by atoms with Gasteiger partial charge in [-0.15, -0.1) is 0 Å². The third-order valence-corrected chi connectivity index (χ3v) is 2.70. The van der Waals surface area contributed by atoms with Crippen LogP contribution in [-0.4, -0.2) is 9.38 Å². The fraction of sp³-hybridized carbons (Fsp3) is 0.222. The summed E-state index contributed by atoms with van der Waals surface area (Å²) in [6.45, 7) is 4.06. The van der Waals surface area contributed by atoms with Gasteiger partial charge in [-0.3, -0.25) is 0 Å². The molecule has 2 nitrogen and oxygen atoms in total. The molecular formula is C9H9BrN2. The molecule has 62 valence electrons. The Morgan fingerprint density at radius 1 is 1.33 bits per heavy atom. The predicted molar refractivity (Wildman–Crippen MR) is 52.4 cm³/mol. The maximum absolute atomic E-state index is 4.35. The fourth-order valence-corrected chi connectivity index (χ4v) is 1.55. The summed E-state index contributed by atoms with van der Waals surface area (Å²) in [5, 5.41) is 0. The van der Waals surface area contributed by atoms with Gasteiger partial charge in [-0.05, 0) is 25.5 Å². The number of imidazole rings is 1. The standard InChI is InChI=1S/C9H9BrN2/c1-6-4-12-5-7(2)11-9(12)3-8(6)10/h3-5H,1-2H3. The van der Waals surface area contributed by atoms with Crippen molar-refractivity contribution in [2.24, 2.45) is 0 Å². The smallest absolute Gasteiger partial charge is 0.138 e. The first-order chi connectivity index (χ1) is 5.66. The molecule has 0 bridgehead atoms. The average Bonchev–Trinajstić information content (AvgIpc) is 2.30. The molecule has 0 N–H and O–H groups in total. The minimum Gasteiger partial charge on any atom is -0.306 e. The second-order valence-electron chi connectivity index (χ2n) is 2.95. The first-order valence-corrected chi connectivity index (χ1v) is 4.57. The highest BCUT2D eigenvalue weighted by molar-refractivity contribution is 9.10. The lowest BCUT2D eigenvalue weighted by atomic mass is 10.3. The van der Waals surface area contributed by atoms with E-state index in [9.17, 15) is 0 Å². The molecule has 2 aromatic rings. The number of hydrogen-bond donors (Lipinski definition) is 0. The third-order valence-electron chi connectivity index (χ3n) is 1.85. The molecule has 12 heavy (non-hydrogen) atoms. The van der Waals surface area contributed by atoms with Gasteiger partial charge in [-0.25, -0.2) is 4.98 Å². The molecule has 0 saturated heterocycles. The number of aryl methyl sites for hydroxylation is 2. The molecule has 0 fully saturated rings. The van der Waals surface area contributed by atoms with Gasteiger partial charge in [0, 0.05) is 16.9 Å². The quantitative estimate of drug-likeness (QED) is 0.673. The summed E-state index contributed by atoms with van der Waals surface area (Å²) in [4.78, 5) is 4.35. The van der Waals surface area contributed by atoms with Crippen molar-refractivity contribution in [3.63, 3.8) is 0 Å². The lowest BCUT2D eigenvalue weighted by Crippen LogP contribution is -1.85. The third kappa shape index (κ3) is 1.14. The van der Waals surface area contributed by atoms with E-state index in [1.54, 1.807) is 0 Å². The van der Waals surface area contributed by atoms with Crippen molar-refractivity contribution in [2.45, 2.75) is 13.8 Å². The molecule has 0 saturated carbocycles. The molecule has 2 aromatic heterocycles. The van der Waals surface area contributed by atoms with Gasteiger partial charge >= 0.3 is 0 Å². The van der Waals surface area contributed by atoms with Gasteiger partial charge < -0.3 is 4.40 Å². The molecule has 0 atom stereocenters. The van der Waals surface area contributed by atoms with Crippen LogP contribution in [0.5, 0.6) is 0 Å². The Balaban J connectivity index is 2.83. The van der Waals surface area contributed by atoms with Crippen molar-refractivity contribution in [1.82, 2.24) is 9.38 Å². The van der Waals surface area contributed by atoms with E-state index in [4.69, 9.17) is 0 Å². The van der Waals surface area contributed by atoms with Gasteiger partial charge in [-0.1, -0.05) is 15.9 Å². The van der Waals surface area contributed by atoms with E-state index < -0.39 is 0 Å². The van der Waals surface area contributed by atoms with Crippen LogP contribution in [0.25, 0.3) is 5.65 Å². The molecule has 0 amide bonds. The number of halogens is 1. The lowest BCUT2D eigenvalue weighted by Gasteiger charge is -1.98. The maximum atomic E-state index is 4.35. The van der Waals surface area contributed by atoms with Crippen molar-refractivity contribution in [2.75, 3.05) is 0 Å². The van der Waals surface area contributed by atoms with Crippen molar-refractivity contribution in [3.05, 3.63) is 34.2 Å². The first-order valence-electron chi connectivity index (χ1n) is 3.78. The molecular weight excluding hydrogens is 216 g/mol. The highest BCUT2D eigenvalue weighted by atomic mass is 79.9. The Labute approximate surface area is 79.4 Å². The zero-order valence-electron chi connectivity index (χ0n) is 7.00. The van der Waals surface area contributed by atoms with Crippen LogP contribution in [0.3, 0.4) is 0 Å². The molecule has 0 aliphatic heterocycles. The number of rotatable bonds is 0. The summed E-state index contributed by atoms with van der Waals surface area (Å²) in [7, 11) is 0. The summed E-state index contributed by atoms with van der Waals surface area (Å²) in [6, 6.07) is 2.03. The molecule has 0 unspecified atom stereocenters. The Morgan fingerprint density at radius 3 is 2.83 bits per heavy atom. The van der Waals surface area contributed by atoms with Gasteiger partial charge in [0.25, 0.3) is 0 Å². The van der Waals surface area contributed by atoms with Crippen LogP contribution < -0.4 is 0 Å². The molecule has 0 radical (unpaired) electrons. The Morgan fingerprint density at radius 2 is 2.08 bits per heavy atom. The van der Waals surface area contributed by atoms with Crippen molar-refractivity contribution in [3.8, 4) is 0 Å². The molecule has 0 aliphatic rings. The van der Waals surface area contributed by atoms with Gasteiger partial charge in [0.15, 0.2) is 0 Å². The minimum absolute atomic E-state index is 0.991. The van der Waals surface area contributed by atoms with Crippen LogP contribution in [0.15, 0.2) is 22.9 Å². The van der Waals surface area contributed by atoms with E-state index in [1.807, 2.05) is 23.6 Å². The van der Waals surface area contributed by atoms with Gasteiger partial charge in [-0.2, -0.15) is 0 Å². The van der Waals surface area contributed by atoms with Gasteiger partial charge in [0.1, 0.15) is 5.65 Å². The van der Waals surface area contributed by atoms with E-state index >= 15 is 0 Å². The lowest BCUT2D eigenvalue weighted by molar-refractivity contribution is 1.15. The highest BCUT2D eigenvalue weighted by Crippen LogP contribution is 2.17. The summed E-state index contributed by atoms with van der Waals surface area (Å²) >= 11 is 3.47. The van der Waals surface area contributed by atoms with Gasteiger partial charge in [0.05, 0.1) is 5.69 Å². The number of pyridine rings is 1. The zero-order chi connectivity index (χ0) is 8.72. The van der Waals surface area contributed by atoms with Crippen LogP contribution in [0.4, 0.5) is 0 Å². The van der Waals surface area contributed by atoms with E-state index in [1.165, 1.54) is 5.56 Å². The summed E-state index contributed by atoms with van der Waals surface area (Å²) < 4.78 is 3.15. The summed E-state index contributed by atoms with van der Waals surface area (Å²) in [6.07, 6.45) is 4.09. The monoisotopic (exact) mass is 224 g/mol. The SMILES string of the molecule is Cc1cn2cc(C)c(Br)cc2n1. The van der Waals surface area contributed by atoms with Crippen LogP contribution in [0.1, 0.15) is 11.3 Å². The number of fused-ring (bicyclic) bond motifs is 1. The molecule has 0 aromatic carbocycles. The second-order valence-corrected chi connectivity index (χ2v) is 3.81. The van der Waals surface area contributed by atoms with Crippen molar-refractivity contribution < 1.29 is 0 Å². The Bertz CT molecular complexity index is 392. The molecule has 2 rings (SSSR count). The van der Waals surface area contributed by atoms with E-state index in [-0.39, 0.29) is 0 Å². The number of aromatic nitrogens is 2. The van der Waals surface area contributed by atoms with E-state index in [0.717, 1.165) is 15.8 Å². The topological polar surface area (TPSA) is 17.3 Å². The Hall–Kier alpha value is -0.830. The maximum Gasteiger partial charge on any atom is 0.138 e. The molecule has 0 spiro atoms. The fourth-order valence-electron chi connectivity index (χ4n) is 1.24. The number of nitrogens with zero attached hydrogens (tertiary/aromatic N) is 2. The van der Waals surface area contributed by atoms with Crippen LogP contribution >= 0.6 is 15.9 Å². The van der Waals surface area contributed by atoms with Crippen LogP contribution in [0, 0.1) is 13.8 Å². The van der Waals surface area contributed by atoms with Gasteiger partial charge in [0.2, 0.25) is 0 Å². The van der Waals surface area contributed by atoms with E-state index in [0.29, 0.717) is 0 Å². The molecule has 2 heterocycles. The van der Waals surface area contributed by atoms with E-state index in [2.05, 4.69) is 34.0 Å². The predicted octanol–water partition coefficient (Wildman–Crippen LogP) is 2.71. The largest absolute Gasteiger partial charge is 0.306 e. The zero-order valence-corrected chi connectivity index (χ0v) is 8.59. The first kappa shape index (κ1) is 7.80. The number of hydrogen-bond acceptors (Lipinski definition) is 1. The molecule has 0 aliphatic carbocycles. The average molecular weight is 225 g/mol. The van der Waals surface area contributed by atoms with Crippen molar-refractivity contribution in [1.29, 1.82) is 0 Å². The summed E-state index contributed by atoms with van der Waals surface area (Å²) in [5.41, 5.74) is 3.26. The summed E-state index contributed by atoms with van der Waals surface area (Å²) in [5.74, 6) is 0. The normalized spacial score (nSPS) is 10.9. The van der Waals surface area contributed by atoms with Crippen molar-refractivity contribution >= 4 is 21.6 Å². The Kier molecular flexibility index (Phi) is 1.68. The minimum atomic E-state index is 0.991. The van der Waals surface area contributed by atoms with Crippen LogP contribution in [0.2, 0.25) is 0 Å².